The van der Waals surface area contributed by atoms with Crippen molar-refractivity contribution in [3.8, 4) is 0 Å². The number of aryl methyl sites for hydroxylation is 1. The zero-order valence-electron chi connectivity index (χ0n) is 16.6. The van der Waals surface area contributed by atoms with Crippen LogP contribution < -0.4 is 10.6 Å². The minimum Gasteiger partial charge on any atom is -0.353 e. The summed E-state index contributed by atoms with van der Waals surface area (Å²) >= 11 is 0. The summed E-state index contributed by atoms with van der Waals surface area (Å²) < 4.78 is 37.9. The molecule has 1 saturated heterocycles. The highest BCUT2D eigenvalue weighted by atomic mass is 19.4. The molecule has 30 heavy (non-hydrogen) atoms. The van der Waals surface area contributed by atoms with Gasteiger partial charge >= 0.3 is 6.18 Å². The SMILES string of the molecule is Cc1ccccc1CN1CCNC(=O)C1CC(=O)NCc1ccc(C(F)(F)F)cc1. The molecule has 0 spiro atoms. The summed E-state index contributed by atoms with van der Waals surface area (Å²) in [5.74, 6) is -0.522. The van der Waals surface area contributed by atoms with E-state index in [0.717, 1.165) is 23.3 Å². The molecule has 0 aromatic heterocycles. The molecule has 2 amide bonds. The molecule has 1 fully saturated rings. The first-order valence-corrected chi connectivity index (χ1v) is 9.73. The molecule has 1 unspecified atom stereocenters. The highest BCUT2D eigenvalue weighted by Gasteiger charge is 2.32. The molecule has 1 atom stereocenters. The maximum atomic E-state index is 12.6. The summed E-state index contributed by atoms with van der Waals surface area (Å²) in [5.41, 5.74) is 2.04. The normalized spacial score (nSPS) is 17.5. The number of hydrogen-bond donors (Lipinski definition) is 2. The monoisotopic (exact) mass is 419 g/mol. The molecule has 3 rings (SSSR count). The molecule has 0 bridgehead atoms. The Balaban J connectivity index is 1.59. The van der Waals surface area contributed by atoms with Gasteiger partial charge in [-0.05, 0) is 35.7 Å². The molecule has 2 aromatic rings. The van der Waals surface area contributed by atoms with Gasteiger partial charge < -0.3 is 10.6 Å². The van der Waals surface area contributed by atoms with E-state index in [9.17, 15) is 22.8 Å². The van der Waals surface area contributed by atoms with Crippen molar-refractivity contribution in [1.82, 2.24) is 15.5 Å². The zero-order valence-corrected chi connectivity index (χ0v) is 16.6. The van der Waals surface area contributed by atoms with Crippen molar-refractivity contribution < 1.29 is 22.8 Å². The van der Waals surface area contributed by atoms with Gasteiger partial charge in [-0.2, -0.15) is 13.2 Å². The predicted molar refractivity (Wildman–Crippen MR) is 106 cm³/mol. The molecule has 2 aromatic carbocycles. The number of alkyl halides is 3. The number of carbonyl (C=O) groups excluding carboxylic acids is 2. The summed E-state index contributed by atoms with van der Waals surface area (Å²) in [6.45, 7) is 3.83. The molecule has 0 radical (unpaired) electrons. The molecule has 1 aliphatic rings. The minimum absolute atomic E-state index is 0.0155. The lowest BCUT2D eigenvalue weighted by Gasteiger charge is -2.35. The number of nitrogens with zero attached hydrogens (tertiary/aromatic N) is 1. The standard InChI is InChI=1S/C22H24F3N3O2/c1-15-4-2-3-5-17(15)14-28-11-10-26-21(30)19(28)12-20(29)27-13-16-6-8-18(9-7-16)22(23,24)25/h2-9,19H,10-14H2,1H3,(H,26,30)(H,27,29). The lowest BCUT2D eigenvalue weighted by molar-refractivity contribution is -0.137. The molecule has 1 heterocycles. The van der Waals surface area contributed by atoms with Gasteiger partial charge in [0.2, 0.25) is 11.8 Å². The van der Waals surface area contributed by atoms with E-state index in [1.165, 1.54) is 12.1 Å². The average Bonchev–Trinajstić information content (AvgIpc) is 2.70. The first-order chi connectivity index (χ1) is 14.2. The van der Waals surface area contributed by atoms with Gasteiger partial charge in [0.1, 0.15) is 0 Å². The van der Waals surface area contributed by atoms with E-state index in [1.54, 1.807) is 0 Å². The third-order valence-electron chi connectivity index (χ3n) is 5.23. The lowest BCUT2D eigenvalue weighted by atomic mass is 10.0. The average molecular weight is 419 g/mol. The number of hydrogen-bond acceptors (Lipinski definition) is 3. The van der Waals surface area contributed by atoms with Crippen molar-refractivity contribution in [2.24, 2.45) is 0 Å². The Kier molecular flexibility index (Phi) is 6.77. The molecule has 160 valence electrons. The summed E-state index contributed by atoms with van der Waals surface area (Å²) in [6.07, 6.45) is -4.41. The molecule has 5 nitrogen and oxygen atoms in total. The molecular weight excluding hydrogens is 395 g/mol. The van der Waals surface area contributed by atoms with Crippen LogP contribution in [0.5, 0.6) is 0 Å². The van der Waals surface area contributed by atoms with E-state index in [4.69, 9.17) is 0 Å². The van der Waals surface area contributed by atoms with Crippen LogP contribution in [0, 0.1) is 6.92 Å². The maximum Gasteiger partial charge on any atom is 0.416 e. The fourth-order valence-corrected chi connectivity index (χ4v) is 3.44. The van der Waals surface area contributed by atoms with E-state index < -0.39 is 17.8 Å². The molecular formula is C22H24F3N3O2. The van der Waals surface area contributed by atoms with E-state index in [2.05, 4.69) is 10.6 Å². The van der Waals surface area contributed by atoms with Crippen molar-refractivity contribution in [3.63, 3.8) is 0 Å². The van der Waals surface area contributed by atoms with Gasteiger partial charge in [-0.25, -0.2) is 0 Å². The smallest absolute Gasteiger partial charge is 0.353 e. The lowest BCUT2D eigenvalue weighted by Crippen LogP contribution is -2.56. The number of halogens is 3. The Morgan fingerprint density at radius 2 is 1.87 bits per heavy atom. The van der Waals surface area contributed by atoms with Gasteiger partial charge in [0.25, 0.3) is 0 Å². The molecule has 1 aliphatic heterocycles. The second-order valence-corrected chi connectivity index (χ2v) is 7.38. The van der Waals surface area contributed by atoms with Crippen LogP contribution in [-0.4, -0.2) is 35.8 Å². The van der Waals surface area contributed by atoms with Crippen LogP contribution in [0.2, 0.25) is 0 Å². The Morgan fingerprint density at radius 1 is 1.17 bits per heavy atom. The number of nitrogens with one attached hydrogen (secondary N) is 2. The summed E-state index contributed by atoms with van der Waals surface area (Å²) in [7, 11) is 0. The van der Waals surface area contributed by atoms with Crippen molar-refractivity contribution in [3.05, 3.63) is 70.8 Å². The number of piperazine rings is 1. The highest BCUT2D eigenvalue weighted by Crippen LogP contribution is 2.29. The third-order valence-corrected chi connectivity index (χ3v) is 5.23. The van der Waals surface area contributed by atoms with Crippen LogP contribution in [-0.2, 0) is 28.9 Å². The van der Waals surface area contributed by atoms with E-state index in [-0.39, 0.29) is 24.8 Å². The number of rotatable bonds is 6. The zero-order chi connectivity index (χ0) is 21.7. The van der Waals surface area contributed by atoms with E-state index in [0.29, 0.717) is 25.2 Å². The first-order valence-electron chi connectivity index (χ1n) is 9.73. The van der Waals surface area contributed by atoms with Crippen molar-refractivity contribution >= 4 is 11.8 Å². The fourth-order valence-electron chi connectivity index (χ4n) is 3.44. The Bertz CT molecular complexity index is 897. The maximum absolute atomic E-state index is 12.6. The first kappa shape index (κ1) is 21.8. The van der Waals surface area contributed by atoms with E-state index in [1.807, 2.05) is 36.1 Å². The topological polar surface area (TPSA) is 61.4 Å². The van der Waals surface area contributed by atoms with Crippen LogP contribution in [0.1, 0.15) is 28.7 Å². The highest BCUT2D eigenvalue weighted by molar-refractivity contribution is 5.88. The summed E-state index contributed by atoms with van der Waals surface area (Å²) in [4.78, 5) is 26.8. The second-order valence-electron chi connectivity index (χ2n) is 7.38. The van der Waals surface area contributed by atoms with Crippen LogP contribution >= 0.6 is 0 Å². The van der Waals surface area contributed by atoms with Crippen LogP contribution in [0.15, 0.2) is 48.5 Å². The third kappa shape index (κ3) is 5.60. The van der Waals surface area contributed by atoms with Crippen LogP contribution in [0.4, 0.5) is 13.2 Å². The van der Waals surface area contributed by atoms with Gasteiger partial charge in [0.15, 0.2) is 0 Å². The fraction of sp³-hybridized carbons (Fsp3) is 0.364. The number of amides is 2. The van der Waals surface area contributed by atoms with Crippen molar-refractivity contribution in [2.45, 2.75) is 38.7 Å². The number of carbonyl (C=O) groups is 2. The van der Waals surface area contributed by atoms with Crippen molar-refractivity contribution in [1.29, 1.82) is 0 Å². The Hall–Kier alpha value is -2.87. The largest absolute Gasteiger partial charge is 0.416 e. The van der Waals surface area contributed by atoms with Gasteiger partial charge in [0, 0.05) is 26.2 Å². The van der Waals surface area contributed by atoms with Crippen molar-refractivity contribution in [2.75, 3.05) is 13.1 Å². The van der Waals surface area contributed by atoms with Gasteiger partial charge in [0.05, 0.1) is 18.0 Å². The quantitative estimate of drug-likeness (QED) is 0.757. The van der Waals surface area contributed by atoms with Crippen LogP contribution in [0.25, 0.3) is 0 Å². The Labute approximate surface area is 173 Å². The van der Waals surface area contributed by atoms with Gasteiger partial charge in [-0.3, -0.25) is 14.5 Å². The van der Waals surface area contributed by atoms with Crippen LogP contribution in [0.3, 0.4) is 0 Å². The predicted octanol–water partition coefficient (Wildman–Crippen LogP) is 3.02. The van der Waals surface area contributed by atoms with Gasteiger partial charge in [-0.15, -0.1) is 0 Å². The second kappa shape index (κ2) is 9.30. The minimum atomic E-state index is -4.39. The molecule has 8 heteroatoms. The number of benzene rings is 2. The molecule has 0 saturated carbocycles. The summed E-state index contributed by atoms with van der Waals surface area (Å²) in [5, 5.41) is 5.49. The Morgan fingerprint density at radius 3 is 2.53 bits per heavy atom. The van der Waals surface area contributed by atoms with Gasteiger partial charge in [-0.1, -0.05) is 36.4 Å². The molecule has 0 aliphatic carbocycles. The summed E-state index contributed by atoms with van der Waals surface area (Å²) in [6, 6.07) is 12.0. The molecule has 2 N–H and O–H groups in total. The van der Waals surface area contributed by atoms with E-state index >= 15 is 0 Å².